The molecule has 1 aromatic heterocycles. The molecule has 36 heavy (non-hydrogen) atoms. The summed E-state index contributed by atoms with van der Waals surface area (Å²) in [6.45, 7) is 6.77. The van der Waals surface area contributed by atoms with Crippen molar-refractivity contribution in [1.29, 1.82) is 0 Å². The van der Waals surface area contributed by atoms with Gasteiger partial charge >= 0.3 is 0 Å². The van der Waals surface area contributed by atoms with E-state index in [1.54, 1.807) is 16.4 Å². The molecule has 0 spiro atoms. The van der Waals surface area contributed by atoms with Gasteiger partial charge in [-0.25, -0.2) is 4.98 Å². The lowest BCUT2D eigenvalue weighted by Gasteiger charge is -2.44. The van der Waals surface area contributed by atoms with Crippen molar-refractivity contribution < 1.29 is 14.4 Å². The zero-order chi connectivity index (χ0) is 25.4. The number of fused-ring (bicyclic) bond motifs is 1. The fraction of sp³-hybridized carbons (Fsp3) is 0.357. The molecule has 2 heterocycles. The second kappa shape index (κ2) is 9.26. The molecular weight excluding hydrogens is 454 g/mol. The summed E-state index contributed by atoms with van der Waals surface area (Å²) in [5.74, 6) is -0.940. The van der Waals surface area contributed by atoms with Gasteiger partial charge in [0.2, 0.25) is 5.91 Å². The SMILES string of the molecule is Cc1ccc(CNC(=O)[C@@]2(C)Cn3cnc(C(=O)NCc4cccc(C)c4)c3C(=O)N2C2CC2)cc1. The molecule has 1 atom stereocenters. The number of nitrogens with one attached hydrogen (secondary N) is 2. The number of rotatable bonds is 7. The van der Waals surface area contributed by atoms with Gasteiger partial charge < -0.3 is 20.1 Å². The molecule has 1 aliphatic heterocycles. The van der Waals surface area contributed by atoms with Gasteiger partial charge in [0.1, 0.15) is 11.2 Å². The third-order valence-electron chi connectivity index (χ3n) is 6.99. The number of aromatic nitrogens is 2. The standard InChI is InChI=1S/C28H31N5O3/c1-18-7-9-20(10-8-18)14-30-27(36)28(3)16-32-17-31-23(24(32)26(35)33(28)22-11-12-22)25(34)29-15-21-6-4-5-19(2)13-21/h4-10,13,17,22H,11-12,14-16H2,1-3H3,(H,29,34)(H,30,36)/t28-/m1/s1. The molecule has 3 aromatic rings. The molecular formula is C28H31N5O3. The van der Waals surface area contributed by atoms with Crippen molar-refractivity contribution >= 4 is 17.7 Å². The lowest BCUT2D eigenvalue weighted by atomic mass is 9.93. The highest BCUT2D eigenvalue weighted by atomic mass is 16.2. The zero-order valence-electron chi connectivity index (χ0n) is 20.9. The van der Waals surface area contributed by atoms with Gasteiger partial charge in [-0.05, 0) is 44.7 Å². The molecule has 1 fully saturated rings. The predicted molar refractivity (Wildman–Crippen MR) is 135 cm³/mol. The van der Waals surface area contributed by atoms with Crippen LogP contribution in [-0.4, -0.2) is 43.8 Å². The number of carbonyl (C=O) groups is 3. The Balaban J connectivity index is 1.35. The Morgan fingerprint density at radius 3 is 2.42 bits per heavy atom. The first-order valence-corrected chi connectivity index (χ1v) is 12.3. The summed E-state index contributed by atoms with van der Waals surface area (Å²) in [4.78, 5) is 46.2. The molecule has 0 saturated heterocycles. The quantitative estimate of drug-likeness (QED) is 0.538. The van der Waals surface area contributed by atoms with Crippen LogP contribution in [0.15, 0.2) is 54.9 Å². The summed E-state index contributed by atoms with van der Waals surface area (Å²) in [6.07, 6.45) is 3.18. The molecule has 2 aliphatic rings. The first kappa shape index (κ1) is 23.8. The molecule has 0 bridgehead atoms. The van der Waals surface area contributed by atoms with Crippen molar-refractivity contribution in [3.05, 3.63) is 88.5 Å². The van der Waals surface area contributed by atoms with E-state index in [1.807, 2.05) is 62.4 Å². The van der Waals surface area contributed by atoms with Gasteiger partial charge in [0, 0.05) is 19.1 Å². The Hall–Kier alpha value is -3.94. The number of imidazole rings is 1. The molecule has 0 radical (unpaired) electrons. The second-order valence-corrected chi connectivity index (χ2v) is 10.1. The molecule has 3 amide bonds. The predicted octanol–water partition coefficient (Wildman–Crippen LogP) is 3.12. The average Bonchev–Trinajstić information content (AvgIpc) is 3.59. The maximum atomic E-state index is 13.7. The molecule has 0 unspecified atom stereocenters. The zero-order valence-corrected chi connectivity index (χ0v) is 20.9. The Bertz CT molecular complexity index is 1330. The maximum absolute atomic E-state index is 13.7. The summed E-state index contributed by atoms with van der Waals surface area (Å²) >= 11 is 0. The van der Waals surface area contributed by atoms with Gasteiger partial charge in [-0.2, -0.15) is 0 Å². The molecule has 1 saturated carbocycles. The summed E-state index contributed by atoms with van der Waals surface area (Å²) < 4.78 is 1.65. The molecule has 1 aliphatic carbocycles. The molecule has 8 heteroatoms. The molecule has 186 valence electrons. The fourth-order valence-corrected chi connectivity index (χ4v) is 4.89. The summed E-state index contributed by atoms with van der Waals surface area (Å²) in [5.41, 5.74) is 3.49. The number of hydrogen-bond acceptors (Lipinski definition) is 4. The van der Waals surface area contributed by atoms with Crippen LogP contribution >= 0.6 is 0 Å². The molecule has 5 rings (SSSR count). The first-order chi connectivity index (χ1) is 17.3. The largest absolute Gasteiger partial charge is 0.350 e. The van der Waals surface area contributed by atoms with Crippen LogP contribution < -0.4 is 10.6 Å². The molecule has 8 nitrogen and oxygen atoms in total. The number of benzene rings is 2. The Morgan fingerprint density at radius 1 is 1.00 bits per heavy atom. The second-order valence-electron chi connectivity index (χ2n) is 10.1. The van der Waals surface area contributed by atoms with Crippen LogP contribution in [0.4, 0.5) is 0 Å². The van der Waals surface area contributed by atoms with Crippen LogP contribution in [0.25, 0.3) is 0 Å². The van der Waals surface area contributed by atoms with Crippen LogP contribution in [0.3, 0.4) is 0 Å². The van der Waals surface area contributed by atoms with Gasteiger partial charge in [0.05, 0.1) is 12.9 Å². The van der Waals surface area contributed by atoms with E-state index in [0.29, 0.717) is 13.1 Å². The van der Waals surface area contributed by atoms with E-state index in [0.717, 1.165) is 35.1 Å². The van der Waals surface area contributed by atoms with Gasteiger partial charge in [0.15, 0.2) is 5.69 Å². The third-order valence-corrected chi connectivity index (χ3v) is 6.99. The van der Waals surface area contributed by atoms with Crippen LogP contribution in [0.1, 0.15) is 63.0 Å². The minimum absolute atomic E-state index is 0.0144. The van der Waals surface area contributed by atoms with Crippen molar-refractivity contribution in [3.8, 4) is 0 Å². The Labute approximate surface area is 210 Å². The lowest BCUT2D eigenvalue weighted by molar-refractivity contribution is -0.133. The van der Waals surface area contributed by atoms with Crippen molar-refractivity contribution in [2.75, 3.05) is 0 Å². The van der Waals surface area contributed by atoms with Crippen LogP contribution in [0.2, 0.25) is 0 Å². The molecule has 2 aromatic carbocycles. The van der Waals surface area contributed by atoms with E-state index in [2.05, 4.69) is 15.6 Å². The van der Waals surface area contributed by atoms with E-state index >= 15 is 0 Å². The topological polar surface area (TPSA) is 96.3 Å². The van der Waals surface area contributed by atoms with E-state index in [9.17, 15) is 14.4 Å². The first-order valence-electron chi connectivity index (χ1n) is 12.3. The maximum Gasteiger partial charge on any atom is 0.274 e. The Morgan fingerprint density at radius 2 is 1.72 bits per heavy atom. The number of hydrogen-bond donors (Lipinski definition) is 2. The minimum atomic E-state index is -1.08. The number of nitrogens with zero attached hydrogens (tertiary/aromatic N) is 3. The normalized spacial score (nSPS) is 19.1. The molecule has 2 N–H and O–H groups in total. The highest BCUT2D eigenvalue weighted by molar-refractivity contribution is 6.07. The number of carbonyl (C=O) groups excluding carboxylic acids is 3. The van der Waals surface area contributed by atoms with E-state index in [1.165, 1.54) is 6.33 Å². The van der Waals surface area contributed by atoms with Crippen molar-refractivity contribution in [3.63, 3.8) is 0 Å². The third kappa shape index (κ3) is 4.51. The van der Waals surface area contributed by atoms with Gasteiger partial charge in [-0.15, -0.1) is 0 Å². The number of amides is 3. The monoisotopic (exact) mass is 485 g/mol. The van der Waals surface area contributed by atoms with Crippen molar-refractivity contribution in [1.82, 2.24) is 25.1 Å². The van der Waals surface area contributed by atoms with Gasteiger partial charge in [0.25, 0.3) is 11.8 Å². The lowest BCUT2D eigenvalue weighted by Crippen LogP contribution is -2.64. The van der Waals surface area contributed by atoms with Gasteiger partial charge in [-0.3, -0.25) is 14.4 Å². The van der Waals surface area contributed by atoms with Crippen molar-refractivity contribution in [2.24, 2.45) is 0 Å². The van der Waals surface area contributed by atoms with Crippen LogP contribution in [-0.2, 0) is 24.4 Å². The summed E-state index contributed by atoms with van der Waals surface area (Å²) in [6, 6.07) is 15.9. The highest BCUT2D eigenvalue weighted by Gasteiger charge is 2.53. The minimum Gasteiger partial charge on any atom is -0.350 e. The fourth-order valence-electron chi connectivity index (χ4n) is 4.89. The Kier molecular flexibility index (Phi) is 6.12. The average molecular weight is 486 g/mol. The van der Waals surface area contributed by atoms with E-state index in [-0.39, 0.29) is 35.8 Å². The summed E-state index contributed by atoms with van der Waals surface area (Å²) in [5, 5.41) is 5.90. The van der Waals surface area contributed by atoms with E-state index in [4.69, 9.17) is 0 Å². The van der Waals surface area contributed by atoms with Crippen LogP contribution in [0.5, 0.6) is 0 Å². The highest BCUT2D eigenvalue weighted by Crippen LogP contribution is 2.38. The summed E-state index contributed by atoms with van der Waals surface area (Å²) in [7, 11) is 0. The van der Waals surface area contributed by atoms with Gasteiger partial charge in [-0.1, -0.05) is 59.7 Å². The number of aryl methyl sites for hydroxylation is 2. The smallest absolute Gasteiger partial charge is 0.274 e. The van der Waals surface area contributed by atoms with Crippen molar-refractivity contribution in [2.45, 2.75) is 64.8 Å². The van der Waals surface area contributed by atoms with E-state index < -0.39 is 11.4 Å². The van der Waals surface area contributed by atoms with Crippen LogP contribution in [0, 0.1) is 13.8 Å².